The first-order valence-electron chi connectivity index (χ1n) is 9.00. The van der Waals surface area contributed by atoms with Crippen molar-refractivity contribution in [1.82, 2.24) is 0 Å². The summed E-state index contributed by atoms with van der Waals surface area (Å²) in [5.74, 6) is 0.334. The molecule has 1 amide bonds. The number of thiophene rings is 1. The number of morpholine rings is 1. The van der Waals surface area contributed by atoms with E-state index in [2.05, 4.69) is 16.8 Å². The molecule has 7 heteroatoms. The molecule has 144 valence electrons. The first-order valence-corrected chi connectivity index (χ1v) is 9.88. The van der Waals surface area contributed by atoms with Gasteiger partial charge in [-0.15, -0.1) is 11.3 Å². The van der Waals surface area contributed by atoms with E-state index in [1.54, 1.807) is 13.0 Å². The van der Waals surface area contributed by atoms with Gasteiger partial charge in [0.25, 0.3) is 0 Å². The Bertz CT molecular complexity index is 1110. The lowest BCUT2D eigenvalue weighted by atomic mass is 10.1. The van der Waals surface area contributed by atoms with Crippen LogP contribution in [-0.2, 0) is 9.53 Å². The molecule has 0 spiro atoms. The largest absolute Gasteiger partial charge is 0.438 e. The van der Waals surface area contributed by atoms with Gasteiger partial charge < -0.3 is 19.4 Å². The highest BCUT2D eigenvalue weighted by Gasteiger charge is 2.22. The number of ether oxygens (including phenoxy) is 1. The molecule has 3 heterocycles. The van der Waals surface area contributed by atoms with E-state index in [9.17, 15) is 9.59 Å². The lowest BCUT2D eigenvalue weighted by molar-refractivity contribution is -0.111. The highest BCUT2D eigenvalue weighted by atomic mass is 32.1. The van der Waals surface area contributed by atoms with Crippen molar-refractivity contribution in [3.8, 4) is 11.1 Å². The van der Waals surface area contributed by atoms with Gasteiger partial charge in [0.05, 0.1) is 18.8 Å². The van der Waals surface area contributed by atoms with Gasteiger partial charge in [0, 0.05) is 29.7 Å². The number of nitrogens with one attached hydrogen (secondary N) is 1. The van der Waals surface area contributed by atoms with Gasteiger partial charge in [-0.05, 0) is 30.7 Å². The zero-order valence-corrected chi connectivity index (χ0v) is 16.3. The molecule has 28 heavy (non-hydrogen) atoms. The Labute approximate surface area is 166 Å². The Kier molecular flexibility index (Phi) is 5.02. The molecule has 0 atom stereocenters. The lowest BCUT2D eigenvalue weighted by Gasteiger charge is -2.28. The van der Waals surface area contributed by atoms with E-state index in [1.807, 2.05) is 23.6 Å². The highest BCUT2D eigenvalue weighted by molar-refractivity contribution is 7.17. The number of fused-ring (bicyclic) bond motifs is 1. The van der Waals surface area contributed by atoms with Crippen molar-refractivity contribution < 1.29 is 13.9 Å². The number of benzene rings is 1. The molecule has 0 unspecified atom stereocenters. The van der Waals surface area contributed by atoms with Crippen LogP contribution in [0.1, 0.15) is 5.56 Å². The predicted octanol–water partition coefficient (Wildman–Crippen LogP) is 3.79. The molecular formula is C21H20N2O4S. The van der Waals surface area contributed by atoms with E-state index >= 15 is 0 Å². The van der Waals surface area contributed by atoms with Crippen LogP contribution in [0.4, 0.5) is 11.6 Å². The minimum Gasteiger partial charge on any atom is -0.438 e. The third kappa shape index (κ3) is 3.34. The van der Waals surface area contributed by atoms with E-state index in [1.165, 1.54) is 17.4 Å². The van der Waals surface area contributed by atoms with Crippen molar-refractivity contribution >= 4 is 39.1 Å². The lowest BCUT2D eigenvalue weighted by Crippen LogP contribution is -2.37. The van der Waals surface area contributed by atoms with Crippen molar-refractivity contribution in [2.45, 2.75) is 6.92 Å². The van der Waals surface area contributed by atoms with E-state index in [0.717, 1.165) is 11.1 Å². The van der Waals surface area contributed by atoms with Gasteiger partial charge in [-0.3, -0.25) is 9.59 Å². The zero-order valence-electron chi connectivity index (χ0n) is 15.5. The smallest absolute Gasteiger partial charge is 0.247 e. The Balaban J connectivity index is 1.81. The number of hydrogen-bond donors (Lipinski definition) is 1. The predicted molar refractivity (Wildman–Crippen MR) is 112 cm³/mol. The second-order valence-electron chi connectivity index (χ2n) is 6.54. The quantitative estimate of drug-likeness (QED) is 0.680. The number of carbonyl (C=O) groups excluding carboxylic acids is 1. The normalized spacial score (nSPS) is 14.2. The van der Waals surface area contributed by atoms with E-state index in [-0.39, 0.29) is 11.3 Å². The fraction of sp³-hybridized carbons (Fsp3) is 0.238. The molecule has 0 saturated carbocycles. The Hall–Kier alpha value is -2.90. The van der Waals surface area contributed by atoms with Crippen LogP contribution in [0.15, 0.2) is 51.5 Å². The van der Waals surface area contributed by atoms with Crippen LogP contribution in [0.2, 0.25) is 0 Å². The minimum absolute atomic E-state index is 0.00453. The fourth-order valence-electron chi connectivity index (χ4n) is 3.27. The molecule has 1 aromatic carbocycles. The topological polar surface area (TPSA) is 71.8 Å². The van der Waals surface area contributed by atoms with Gasteiger partial charge in [0.15, 0.2) is 5.58 Å². The molecule has 3 aromatic rings. The van der Waals surface area contributed by atoms with Crippen molar-refractivity contribution in [2.24, 2.45) is 0 Å². The van der Waals surface area contributed by atoms with Crippen LogP contribution in [-0.4, -0.2) is 32.2 Å². The SMILES string of the molecule is C=CC(=O)Nc1cccc(-c2csc3c(=O)c(C)c(N4CCOCC4)oc23)c1. The summed E-state index contributed by atoms with van der Waals surface area (Å²) in [6.07, 6.45) is 1.23. The summed E-state index contributed by atoms with van der Waals surface area (Å²) in [6.45, 7) is 7.89. The monoisotopic (exact) mass is 396 g/mol. The number of nitrogens with zero attached hydrogens (tertiary/aromatic N) is 1. The molecule has 1 saturated heterocycles. The standard InChI is InChI=1S/C21H20N2O4S/c1-3-17(24)22-15-6-4-5-14(11-15)16-12-28-20-18(25)13(2)21(27-19(16)20)23-7-9-26-10-8-23/h3-6,11-12H,1,7-10H2,2H3,(H,22,24). The third-order valence-corrected chi connectivity index (χ3v) is 5.70. The summed E-state index contributed by atoms with van der Waals surface area (Å²) in [4.78, 5) is 26.6. The number of rotatable bonds is 4. The van der Waals surface area contributed by atoms with E-state index in [4.69, 9.17) is 9.15 Å². The molecule has 1 N–H and O–H groups in total. The van der Waals surface area contributed by atoms with Crippen LogP contribution >= 0.6 is 11.3 Å². The highest BCUT2D eigenvalue weighted by Crippen LogP contribution is 2.36. The summed E-state index contributed by atoms with van der Waals surface area (Å²) < 4.78 is 12.3. The molecule has 1 aliphatic rings. The molecule has 6 nitrogen and oxygen atoms in total. The second-order valence-corrected chi connectivity index (χ2v) is 7.42. The van der Waals surface area contributed by atoms with Crippen LogP contribution in [0.25, 0.3) is 21.4 Å². The van der Waals surface area contributed by atoms with E-state index < -0.39 is 0 Å². The van der Waals surface area contributed by atoms with Crippen molar-refractivity contribution in [1.29, 1.82) is 0 Å². The Morgan fingerprint density at radius 3 is 2.86 bits per heavy atom. The molecule has 4 rings (SSSR count). The van der Waals surface area contributed by atoms with Gasteiger partial charge >= 0.3 is 0 Å². The maximum Gasteiger partial charge on any atom is 0.247 e. The summed E-state index contributed by atoms with van der Waals surface area (Å²) in [7, 11) is 0. The second kappa shape index (κ2) is 7.61. The van der Waals surface area contributed by atoms with Crippen LogP contribution in [0.5, 0.6) is 0 Å². The van der Waals surface area contributed by atoms with E-state index in [0.29, 0.717) is 53.7 Å². The zero-order chi connectivity index (χ0) is 19.7. The molecule has 0 bridgehead atoms. The van der Waals surface area contributed by atoms with Gasteiger partial charge in [-0.25, -0.2) is 0 Å². The summed E-state index contributed by atoms with van der Waals surface area (Å²) in [6, 6.07) is 7.45. The van der Waals surface area contributed by atoms with Crippen LogP contribution in [0.3, 0.4) is 0 Å². The van der Waals surface area contributed by atoms with Gasteiger partial charge in [-0.2, -0.15) is 0 Å². The molecule has 0 aliphatic carbocycles. The first-order chi connectivity index (χ1) is 13.6. The average molecular weight is 396 g/mol. The van der Waals surface area contributed by atoms with Crippen LogP contribution < -0.4 is 15.6 Å². The molecule has 0 radical (unpaired) electrons. The molecule has 2 aromatic heterocycles. The van der Waals surface area contributed by atoms with Crippen molar-refractivity contribution in [3.05, 3.63) is 58.1 Å². The number of amides is 1. The van der Waals surface area contributed by atoms with Gasteiger partial charge in [-0.1, -0.05) is 18.7 Å². The third-order valence-electron chi connectivity index (χ3n) is 4.74. The summed E-state index contributed by atoms with van der Waals surface area (Å²) in [5.41, 5.74) is 3.55. The Morgan fingerprint density at radius 2 is 2.11 bits per heavy atom. The Morgan fingerprint density at radius 1 is 1.32 bits per heavy atom. The van der Waals surface area contributed by atoms with Crippen LogP contribution in [0, 0.1) is 6.92 Å². The first kappa shape index (κ1) is 18.5. The summed E-state index contributed by atoms with van der Waals surface area (Å²) >= 11 is 1.38. The maximum atomic E-state index is 12.9. The minimum atomic E-state index is -0.274. The number of carbonyl (C=O) groups is 1. The van der Waals surface area contributed by atoms with Crippen molar-refractivity contribution in [3.63, 3.8) is 0 Å². The molecular weight excluding hydrogens is 376 g/mol. The average Bonchev–Trinajstić information content (AvgIpc) is 3.15. The number of anilines is 2. The molecule has 1 aliphatic heterocycles. The maximum absolute atomic E-state index is 12.9. The van der Waals surface area contributed by atoms with Gasteiger partial charge in [0.1, 0.15) is 4.70 Å². The van der Waals surface area contributed by atoms with Gasteiger partial charge in [0.2, 0.25) is 17.2 Å². The van der Waals surface area contributed by atoms with Crippen molar-refractivity contribution in [2.75, 3.05) is 36.5 Å². The number of hydrogen-bond acceptors (Lipinski definition) is 6. The summed E-state index contributed by atoms with van der Waals surface area (Å²) in [5, 5.41) is 4.68. The molecule has 1 fully saturated rings. The fourth-order valence-corrected chi connectivity index (χ4v) is 4.27.